The van der Waals surface area contributed by atoms with Gasteiger partial charge in [-0.1, -0.05) is 37.5 Å². The molecule has 1 atom stereocenters. The predicted molar refractivity (Wildman–Crippen MR) is 59.3 cm³/mol. The summed E-state index contributed by atoms with van der Waals surface area (Å²) in [5, 5.41) is 9.62. The first kappa shape index (κ1) is 11.1. The molecule has 14 heavy (non-hydrogen) atoms. The van der Waals surface area contributed by atoms with E-state index >= 15 is 0 Å². The van der Waals surface area contributed by atoms with Crippen LogP contribution in [0.2, 0.25) is 0 Å². The van der Waals surface area contributed by atoms with Gasteiger partial charge >= 0.3 is 0 Å². The van der Waals surface area contributed by atoms with E-state index in [1.807, 2.05) is 19.1 Å². The summed E-state index contributed by atoms with van der Waals surface area (Å²) in [4.78, 5) is 0. The Balaban J connectivity index is 2.77. The first-order chi connectivity index (χ1) is 6.65. The van der Waals surface area contributed by atoms with Crippen LogP contribution < -0.4 is 5.73 Å². The van der Waals surface area contributed by atoms with Crippen LogP contribution in [0.5, 0.6) is 5.75 Å². The summed E-state index contributed by atoms with van der Waals surface area (Å²) in [5.41, 5.74) is 8.01. The van der Waals surface area contributed by atoms with E-state index in [0.717, 1.165) is 30.4 Å². The largest absolute Gasteiger partial charge is 0.508 e. The lowest BCUT2D eigenvalue weighted by molar-refractivity contribution is 0.456. The van der Waals surface area contributed by atoms with E-state index in [1.165, 1.54) is 0 Å². The second kappa shape index (κ2) is 5.01. The molecule has 0 amide bonds. The topological polar surface area (TPSA) is 46.2 Å². The predicted octanol–water partition coefficient (Wildman–Crippen LogP) is 2.89. The molecule has 78 valence electrons. The fraction of sp³-hybridized carbons (Fsp3) is 0.500. The number of hydrogen-bond acceptors (Lipinski definition) is 2. The van der Waals surface area contributed by atoms with Crippen molar-refractivity contribution in [1.29, 1.82) is 0 Å². The highest BCUT2D eigenvalue weighted by Gasteiger charge is 2.09. The Bertz CT molecular complexity index is 296. The van der Waals surface area contributed by atoms with Crippen molar-refractivity contribution in [2.75, 3.05) is 0 Å². The number of benzene rings is 1. The fourth-order valence-electron chi connectivity index (χ4n) is 1.55. The molecule has 0 aliphatic carbocycles. The summed E-state index contributed by atoms with van der Waals surface area (Å²) in [6.07, 6.45) is 3.18. The molecular weight excluding hydrogens is 174 g/mol. The number of aryl methyl sites for hydroxylation is 1. The molecule has 1 unspecified atom stereocenters. The van der Waals surface area contributed by atoms with E-state index in [-0.39, 0.29) is 6.04 Å². The lowest BCUT2D eigenvalue weighted by Crippen LogP contribution is -2.10. The second-order valence-corrected chi connectivity index (χ2v) is 3.81. The molecule has 0 aliphatic heterocycles. The highest BCUT2D eigenvalue weighted by atomic mass is 16.3. The van der Waals surface area contributed by atoms with Crippen LogP contribution in [0.4, 0.5) is 0 Å². The molecule has 0 aromatic heterocycles. The average molecular weight is 193 g/mol. The van der Waals surface area contributed by atoms with Crippen LogP contribution in [0, 0.1) is 6.92 Å². The molecule has 0 radical (unpaired) electrons. The summed E-state index contributed by atoms with van der Waals surface area (Å²) in [6, 6.07) is 5.55. The quantitative estimate of drug-likeness (QED) is 0.772. The average Bonchev–Trinajstić information content (AvgIpc) is 2.18. The molecule has 2 heteroatoms. The number of aromatic hydroxyl groups is 1. The minimum atomic E-state index is -0.0325. The fourth-order valence-corrected chi connectivity index (χ4v) is 1.55. The summed E-state index contributed by atoms with van der Waals surface area (Å²) in [6.45, 7) is 4.15. The van der Waals surface area contributed by atoms with Crippen LogP contribution in [0.15, 0.2) is 18.2 Å². The standard InChI is InChI=1S/C12H19NO/c1-3-4-5-11(13)10-8-9(2)6-7-12(10)14/h6-8,11,14H,3-5,13H2,1-2H3. The molecule has 0 heterocycles. The van der Waals surface area contributed by atoms with Crippen molar-refractivity contribution in [2.45, 2.75) is 39.2 Å². The van der Waals surface area contributed by atoms with Crippen molar-refractivity contribution in [1.82, 2.24) is 0 Å². The zero-order chi connectivity index (χ0) is 10.6. The molecule has 1 aromatic rings. The van der Waals surface area contributed by atoms with Gasteiger partial charge in [0.05, 0.1) is 0 Å². The molecule has 0 aliphatic rings. The van der Waals surface area contributed by atoms with E-state index in [2.05, 4.69) is 6.92 Å². The lowest BCUT2D eigenvalue weighted by atomic mass is 9.99. The normalized spacial score (nSPS) is 12.8. The molecule has 1 rings (SSSR count). The van der Waals surface area contributed by atoms with Gasteiger partial charge in [-0.3, -0.25) is 0 Å². The van der Waals surface area contributed by atoms with Gasteiger partial charge in [0.1, 0.15) is 5.75 Å². The Morgan fingerprint density at radius 2 is 2.14 bits per heavy atom. The van der Waals surface area contributed by atoms with Gasteiger partial charge in [0.25, 0.3) is 0 Å². The van der Waals surface area contributed by atoms with E-state index in [9.17, 15) is 5.11 Å². The SMILES string of the molecule is CCCCC(N)c1cc(C)ccc1O. The van der Waals surface area contributed by atoms with Crippen molar-refractivity contribution in [3.8, 4) is 5.75 Å². The molecule has 0 bridgehead atoms. The smallest absolute Gasteiger partial charge is 0.120 e. The van der Waals surface area contributed by atoms with Gasteiger partial charge in [-0.25, -0.2) is 0 Å². The minimum absolute atomic E-state index is 0.0325. The Kier molecular flexibility index (Phi) is 3.96. The summed E-state index contributed by atoms with van der Waals surface area (Å²) in [7, 11) is 0. The van der Waals surface area contributed by atoms with E-state index in [4.69, 9.17) is 5.73 Å². The van der Waals surface area contributed by atoms with Crippen molar-refractivity contribution in [3.63, 3.8) is 0 Å². The number of phenolic OH excluding ortho intramolecular Hbond substituents is 1. The highest BCUT2D eigenvalue weighted by molar-refractivity contribution is 5.37. The first-order valence-corrected chi connectivity index (χ1v) is 5.20. The molecule has 1 aromatic carbocycles. The van der Waals surface area contributed by atoms with Crippen LogP contribution in [0.3, 0.4) is 0 Å². The van der Waals surface area contributed by atoms with Crippen molar-refractivity contribution < 1.29 is 5.11 Å². The number of nitrogens with two attached hydrogens (primary N) is 1. The summed E-state index contributed by atoms with van der Waals surface area (Å²) in [5.74, 6) is 0.319. The summed E-state index contributed by atoms with van der Waals surface area (Å²) < 4.78 is 0. The van der Waals surface area contributed by atoms with Gasteiger partial charge in [0.15, 0.2) is 0 Å². The van der Waals surface area contributed by atoms with Crippen LogP contribution in [-0.4, -0.2) is 5.11 Å². The maximum absolute atomic E-state index is 9.62. The van der Waals surface area contributed by atoms with Crippen molar-refractivity contribution in [2.24, 2.45) is 5.73 Å². The molecule has 0 saturated heterocycles. The van der Waals surface area contributed by atoms with Crippen molar-refractivity contribution in [3.05, 3.63) is 29.3 Å². The zero-order valence-electron chi connectivity index (χ0n) is 8.96. The Morgan fingerprint density at radius 3 is 2.79 bits per heavy atom. The first-order valence-electron chi connectivity index (χ1n) is 5.20. The van der Waals surface area contributed by atoms with Gasteiger partial charge < -0.3 is 10.8 Å². The Morgan fingerprint density at radius 1 is 1.43 bits per heavy atom. The maximum atomic E-state index is 9.62. The maximum Gasteiger partial charge on any atom is 0.120 e. The van der Waals surface area contributed by atoms with E-state index in [0.29, 0.717) is 5.75 Å². The third-order valence-electron chi connectivity index (χ3n) is 2.45. The highest BCUT2D eigenvalue weighted by Crippen LogP contribution is 2.26. The van der Waals surface area contributed by atoms with Gasteiger partial charge in [0, 0.05) is 11.6 Å². The molecular formula is C12H19NO. The summed E-state index contributed by atoms with van der Waals surface area (Å²) >= 11 is 0. The monoisotopic (exact) mass is 193 g/mol. The third-order valence-corrected chi connectivity index (χ3v) is 2.45. The Labute approximate surface area is 85.8 Å². The van der Waals surface area contributed by atoms with Crippen LogP contribution in [-0.2, 0) is 0 Å². The number of rotatable bonds is 4. The number of unbranched alkanes of at least 4 members (excludes halogenated alkanes) is 1. The van der Waals surface area contributed by atoms with Crippen LogP contribution in [0.1, 0.15) is 43.4 Å². The minimum Gasteiger partial charge on any atom is -0.508 e. The van der Waals surface area contributed by atoms with E-state index < -0.39 is 0 Å². The van der Waals surface area contributed by atoms with E-state index in [1.54, 1.807) is 6.07 Å². The number of phenols is 1. The van der Waals surface area contributed by atoms with Gasteiger partial charge in [-0.05, 0) is 19.4 Å². The molecule has 0 saturated carbocycles. The van der Waals surface area contributed by atoms with Gasteiger partial charge in [-0.2, -0.15) is 0 Å². The number of hydrogen-bond donors (Lipinski definition) is 2. The van der Waals surface area contributed by atoms with Gasteiger partial charge in [-0.15, -0.1) is 0 Å². The van der Waals surface area contributed by atoms with Gasteiger partial charge in [0.2, 0.25) is 0 Å². The second-order valence-electron chi connectivity index (χ2n) is 3.81. The Hall–Kier alpha value is -1.02. The molecule has 2 nitrogen and oxygen atoms in total. The van der Waals surface area contributed by atoms with Crippen LogP contribution in [0.25, 0.3) is 0 Å². The van der Waals surface area contributed by atoms with Crippen molar-refractivity contribution >= 4 is 0 Å². The molecule has 3 N–H and O–H groups in total. The zero-order valence-corrected chi connectivity index (χ0v) is 8.96. The molecule has 0 spiro atoms. The lowest BCUT2D eigenvalue weighted by Gasteiger charge is -2.13. The van der Waals surface area contributed by atoms with Crippen LogP contribution >= 0.6 is 0 Å². The third kappa shape index (κ3) is 2.74. The molecule has 0 fully saturated rings.